The first kappa shape index (κ1) is 13.9. The van der Waals surface area contributed by atoms with Crippen LogP contribution in [0, 0.1) is 0 Å². The number of ether oxygens (including phenoxy) is 1. The van der Waals surface area contributed by atoms with Crippen LogP contribution in [0.5, 0.6) is 5.75 Å². The number of thiocarbonyl (C=S) groups is 1. The van der Waals surface area contributed by atoms with Crippen LogP contribution < -0.4 is 10.1 Å². The van der Waals surface area contributed by atoms with E-state index in [1.807, 2.05) is 0 Å². The number of carbonyl (C=O) groups is 1. The Kier molecular flexibility index (Phi) is 3.81. The highest BCUT2D eigenvalue weighted by Gasteiger charge is 2.32. The average Bonchev–Trinajstić information content (AvgIpc) is 2.58. The molecule has 1 aromatic rings. The number of alkyl halides is 3. The fourth-order valence-electron chi connectivity index (χ4n) is 1.38. The van der Waals surface area contributed by atoms with Crippen molar-refractivity contribution in [3.05, 3.63) is 34.7 Å². The Hall–Kier alpha value is -1.54. The molecule has 8 heteroatoms. The Bertz CT molecular complexity index is 569. The van der Waals surface area contributed by atoms with Crippen LogP contribution in [-0.4, -0.2) is 16.6 Å². The Morgan fingerprint density at radius 1 is 1.32 bits per heavy atom. The van der Waals surface area contributed by atoms with Crippen LogP contribution in [0.2, 0.25) is 0 Å². The smallest absolute Gasteiger partial charge is 0.405 e. The van der Waals surface area contributed by atoms with Crippen molar-refractivity contribution in [2.24, 2.45) is 0 Å². The molecule has 1 aromatic carbocycles. The van der Waals surface area contributed by atoms with Crippen LogP contribution in [0.15, 0.2) is 29.2 Å². The largest absolute Gasteiger partial charge is 0.573 e. The second-order valence-corrected chi connectivity index (χ2v) is 5.16. The van der Waals surface area contributed by atoms with Gasteiger partial charge in [0, 0.05) is 5.56 Å². The van der Waals surface area contributed by atoms with E-state index in [0.717, 1.165) is 11.8 Å². The monoisotopic (exact) mass is 305 g/mol. The number of hydrogen-bond acceptors (Lipinski definition) is 4. The number of para-hydroxylation sites is 1. The number of halogens is 3. The summed E-state index contributed by atoms with van der Waals surface area (Å²) in [5.41, 5.74) is 0.155. The third-order valence-corrected chi connectivity index (χ3v) is 3.24. The summed E-state index contributed by atoms with van der Waals surface area (Å²) in [5.74, 6) is -0.800. The summed E-state index contributed by atoms with van der Waals surface area (Å²) in [5, 5.41) is 2.38. The molecule has 19 heavy (non-hydrogen) atoms. The number of carbonyl (C=O) groups excluding carboxylic acids is 1. The van der Waals surface area contributed by atoms with E-state index in [2.05, 4.69) is 10.1 Å². The summed E-state index contributed by atoms with van der Waals surface area (Å²) < 4.78 is 40.8. The van der Waals surface area contributed by atoms with E-state index < -0.39 is 12.3 Å². The molecule has 3 nitrogen and oxygen atoms in total. The summed E-state index contributed by atoms with van der Waals surface area (Å²) >= 11 is 5.78. The summed E-state index contributed by atoms with van der Waals surface area (Å²) in [6.07, 6.45) is -3.48. The van der Waals surface area contributed by atoms with Crippen molar-refractivity contribution in [3.63, 3.8) is 0 Å². The van der Waals surface area contributed by atoms with Gasteiger partial charge in [0.25, 0.3) is 5.91 Å². The van der Waals surface area contributed by atoms with Crippen LogP contribution in [-0.2, 0) is 4.79 Å². The molecule has 0 atom stereocenters. The van der Waals surface area contributed by atoms with Crippen LogP contribution >= 0.6 is 24.0 Å². The molecule has 1 saturated heterocycles. The Morgan fingerprint density at radius 3 is 2.58 bits per heavy atom. The molecule has 1 amide bonds. The third kappa shape index (κ3) is 3.71. The van der Waals surface area contributed by atoms with E-state index in [9.17, 15) is 18.0 Å². The maximum Gasteiger partial charge on any atom is 0.573 e. The van der Waals surface area contributed by atoms with E-state index >= 15 is 0 Å². The summed E-state index contributed by atoms with van der Waals surface area (Å²) in [7, 11) is 0. The van der Waals surface area contributed by atoms with Gasteiger partial charge in [0.1, 0.15) is 10.1 Å². The number of rotatable bonds is 2. The van der Waals surface area contributed by atoms with Crippen LogP contribution in [0.3, 0.4) is 0 Å². The molecule has 1 aliphatic heterocycles. The minimum Gasteiger partial charge on any atom is -0.405 e. The number of hydrogen-bond donors (Lipinski definition) is 1. The van der Waals surface area contributed by atoms with Gasteiger partial charge in [0.2, 0.25) is 0 Å². The average molecular weight is 305 g/mol. The summed E-state index contributed by atoms with van der Waals surface area (Å²) in [6.45, 7) is 0. The maximum absolute atomic E-state index is 12.2. The van der Waals surface area contributed by atoms with Gasteiger partial charge in [-0.15, -0.1) is 13.2 Å². The van der Waals surface area contributed by atoms with Crippen molar-refractivity contribution in [1.82, 2.24) is 5.32 Å². The topological polar surface area (TPSA) is 38.3 Å². The lowest BCUT2D eigenvalue weighted by atomic mass is 10.2. The quantitative estimate of drug-likeness (QED) is 0.673. The SMILES string of the molecule is O=C1NC(=S)S/C1=C\c1ccccc1OC(F)(F)F. The van der Waals surface area contributed by atoms with E-state index in [1.165, 1.54) is 24.3 Å². The Labute approximate surface area is 115 Å². The van der Waals surface area contributed by atoms with Crippen molar-refractivity contribution in [3.8, 4) is 5.75 Å². The zero-order valence-corrected chi connectivity index (χ0v) is 10.8. The van der Waals surface area contributed by atoms with Crippen molar-refractivity contribution < 1.29 is 22.7 Å². The zero-order valence-electron chi connectivity index (χ0n) is 9.15. The van der Waals surface area contributed by atoms with Gasteiger partial charge < -0.3 is 10.1 Å². The van der Waals surface area contributed by atoms with Crippen LogP contribution in [0.4, 0.5) is 13.2 Å². The van der Waals surface area contributed by atoms with E-state index in [1.54, 1.807) is 6.07 Å². The van der Waals surface area contributed by atoms with Gasteiger partial charge in [0.05, 0.1) is 4.91 Å². The molecule has 1 fully saturated rings. The highest BCUT2D eigenvalue weighted by Crippen LogP contribution is 2.31. The molecule has 1 N–H and O–H groups in total. The van der Waals surface area contributed by atoms with Crippen LogP contribution in [0.1, 0.15) is 5.56 Å². The van der Waals surface area contributed by atoms with Gasteiger partial charge >= 0.3 is 6.36 Å². The molecule has 1 aliphatic rings. The van der Waals surface area contributed by atoms with Crippen molar-refractivity contribution in [2.75, 3.05) is 0 Å². The lowest BCUT2D eigenvalue weighted by Crippen LogP contribution is -2.18. The number of nitrogens with one attached hydrogen (secondary N) is 1. The lowest BCUT2D eigenvalue weighted by Gasteiger charge is -2.11. The predicted octanol–water partition coefficient (Wildman–Crippen LogP) is 3.07. The first-order valence-electron chi connectivity index (χ1n) is 4.95. The summed E-state index contributed by atoms with van der Waals surface area (Å²) in [6, 6.07) is 5.56. The molecular weight excluding hydrogens is 299 g/mol. The second kappa shape index (κ2) is 5.22. The van der Waals surface area contributed by atoms with Gasteiger partial charge in [0.15, 0.2) is 0 Å². The highest BCUT2D eigenvalue weighted by atomic mass is 32.2. The molecular formula is C11H6F3NO2S2. The van der Waals surface area contributed by atoms with Crippen molar-refractivity contribution in [1.29, 1.82) is 0 Å². The number of amides is 1. The third-order valence-electron chi connectivity index (χ3n) is 2.07. The van der Waals surface area contributed by atoms with E-state index in [4.69, 9.17) is 12.2 Å². The van der Waals surface area contributed by atoms with E-state index in [0.29, 0.717) is 0 Å². The van der Waals surface area contributed by atoms with Crippen molar-refractivity contribution in [2.45, 2.75) is 6.36 Å². The minimum absolute atomic E-state index is 0.155. The fraction of sp³-hybridized carbons (Fsp3) is 0.0909. The van der Waals surface area contributed by atoms with Crippen molar-refractivity contribution >= 4 is 40.3 Å². The predicted molar refractivity (Wildman–Crippen MR) is 69.4 cm³/mol. The minimum atomic E-state index is -4.78. The van der Waals surface area contributed by atoms with Gasteiger partial charge in [-0.1, -0.05) is 42.2 Å². The van der Waals surface area contributed by atoms with Gasteiger partial charge in [-0.3, -0.25) is 4.79 Å². The second-order valence-electron chi connectivity index (χ2n) is 3.44. The molecule has 1 heterocycles. The molecule has 0 spiro atoms. The first-order valence-corrected chi connectivity index (χ1v) is 6.17. The molecule has 0 aromatic heterocycles. The molecule has 0 bridgehead atoms. The van der Waals surface area contributed by atoms with Gasteiger partial charge in [-0.2, -0.15) is 0 Å². The zero-order chi connectivity index (χ0) is 14.0. The molecule has 100 valence electrons. The standard InChI is InChI=1S/C11H6F3NO2S2/c12-11(13,14)17-7-4-2-1-3-6(7)5-8-9(16)15-10(18)19-8/h1-5H,(H,15,16,18)/b8-5-. The molecule has 0 aliphatic carbocycles. The fourth-order valence-corrected chi connectivity index (χ4v) is 2.41. The first-order chi connectivity index (χ1) is 8.85. The van der Waals surface area contributed by atoms with Gasteiger partial charge in [-0.05, 0) is 12.1 Å². The lowest BCUT2D eigenvalue weighted by molar-refractivity contribution is -0.274. The molecule has 0 radical (unpaired) electrons. The number of benzene rings is 1. The Balaban J connectivity index is 2.33. The Morgan fingerprint density at radius 2 is 2.00 bits per heavy atom. The normalized spacial score (nSPS) is 17.7. The van der Waals surface area contributed by atoms with E-state index in [-0.39, 0.29) is 20.5 Å². The maximum atomic E-state index is 12.2. The molecule has 2 rings (SSSR count). The molecule has 0 unspecified atom stereocenters. The van der Waals surface area contributed by atoms with Crippen LogP contribution in [0.25, 0.3) is 6.08 Å². The highest BCUT2D eigenvalue weighted by molar-refractivity contribution is 8.26. The summed E-state index contributed by atoms with van der Waals surface area (Å²) in [4.78, 5) is 11.7. The molecule has 0 saturated carbocycles. The number of thioether (sulfide) groups is 1. The van der Waals surface area contributed by atoms with Gasteiger partial charge in [-0.25, -0.2) is 0 Å².